The van der Waals surface area contributed by atoms with E-state index in [1.807, 2.05) is 25.1 Å². The number of carbonyl (C=O) groups excluding carboxylic acids is 1. The van der Waals surface area contributed by atoms with Crippen LogP contribution in [0.15, 0.2) is 18.2 Å². The fourth-order valence-electron chi connectivity index (χ4n) is 2.39. The van der Waals surface area contributed by atoms with Gasteiger partial charge >= 0.3 is 0 Å². The molecule has 0 heterocycles. The zero-order chi connectivity index (χ0) is 15.7. The molecule has 0 fully saturated rings. The van der Waals surface area contributed by atoms with Gasteiger partial charge in [0.2, 0.25) is 0 Å². The van der Waals surface area contributed by atoms with Crippen molar-refractivity contribution in [1.29, 1.82) is 0 Å². The smallest absolute Gasteiger partial charge is 0.180 e. The summed E-state index contributed by atoms with van der Waals surface area (Å²) in [5, 5.41) is 0. The highest BCUT2D eigenvalue weighted by molar-refractivity contribution is 6.00. The van der Waals surface area contributed by atoms with Gasteiger partial charge in [-0.25, -0.2) is 0 Å². The zero-order valence-electron chi connectivity index (χ0n) is 13.9. The lowest BCUT2D eigenvalue weighted by Gasteiger charge is -2.21. The number of rotatable bonds is 10. The number of carbonyl (C=O) groups is 1. The van der Waals surface area contributed by atoms with E-state index in [1.54, 1.807) is 0 Å². The summed E-state index contributed by atoms with van der Waals surface area (Å²) in [7, 11) is 0. The van der Waals surface area contributed by atoms with Crippen LogP contribution in [0.25, 0.3) is 0 Å². The number of nitrogens with zero attached hydrogens (tertiary/aromatic N) is 1. The van der Waals surface area contributed by atoms with Gasteiger partial charge in [0.25, 0.3) is 0 Å². The molecule has 0 unspecified atom stereocenters. The maximum absolute atomic E-state index is 12.6. The van der Waals surface area contributed by atoms with E-state index in [2.05, 4.69) is 25.7 Å². The summed E-state index contributed by atoms with van der Waals surface area (Å²) in [4.78, 5) is 14.8. The number of hydrogen-bond donors (Lipinski definition) is 0. The Labute approximate surface area is 129 Å². The molecule has 118 valence electrons. The summed E-state index contributed by atoms with van der Waals surface area (Å²) >= 11 is 0. The molecule has 1 aromatic rings. The summed E-state index contributed by atoms with van der Waals surface area (Å²) in [6.45, 7) is 11.4. The molecule has 0 saturated carbocycles. The second-order valence-corrected chi connectivity index (χ2v) is 5.55. The third-order valence-electron chi connectivity index (χ3n) is 3.34. The average Bonchev–Trinajstić information content (AvgIpc) is 2.46. The van der Waals surface area contributed by atoms with Crippen LogP contribution in [0.5, 0.6) is 5.75 Å². The Hall–Kier alpha value is -1.35. The molecule has 0 spiro atoms. The first-order valence-electron chi connectivity index (χ1n) is 8.11. The van der Waals surface area contributed by atoms with Gasteiger partial charge in [0.1, 0.15) is 5.75 Å². The van der Waals surface area contributed by atoms with Crippen molar-refractivity contribution < 1.29 is 9.53 Å². The molecule has 0 aliphatic carbocycles. The molecule has 0 atom stereocenters. The fourth-order valence-corrected chi connectivity index (χ4v) is 2.39. The maximum atomic E-state index is 12.6. The average molecular weight is 291 g/mol. The first-order chi connectivity index (χ1) is 10.1. The Bertz CT molecular complexity index is 437. The van der Waals surface area contributed by atoms with E-state index in [9.17, 15) is 4.79 Å². The highest BCUT2D eigenvalue weighted by Crippen LogP contribution is 2.21. The molecular formula is C18H29NO2. The van der Waals surface area contributed by atoms with Gasteiger partial charge in [0, 0.05) is 0 Å². The Morgan fingerprint density at radius 3 is 2.33 bits per heavy atom. The van der Waals surface area contributed by atoms with Gasteiger partial charge in [0.05, 0.1) is 18.7 Å². The molecule has 0 aliphatic heterocycles. The van der Waals surface area contributed by atoms with E-state index in [0.717, 1.165) is 49.2 Å². The van der Waals surface area contributed by atoms with Crippen LogP contribution in [0.4, 0.5) is 0 Å². The van der Waals surface area contributed by atoms with Gasteiger partial charge in [-0.1, -0.05) is 32.4 Å². The highest BCUT2D eigenvalue weighted by Gasteiger charge is 2.16. The number of ketones is 1. The van der Waals surface area contributed by atoms with E-state index in [1.165, 1.54) is 0 Å². The lowest BCUT2D eigenvalue weighted by atomic mass is 10.1. The van der Waals surface area contributed by atoms with Crippen molar-refractivity contribution in [3.63, 3.8) is 0 Å². The number of hydrogen-bond acceptors (Lipinski definition) is 3. The lowest BCUT2D eigenvalue weighted by molar-refractivity contribution is 0.0926. The first kappa shape index (κ1) is 17.7. The molecule has 3 heteroatoms. The van der Waals surface area contributed by atoms with Crippen molar-refractivity contribution in [3.8, 4) is 5.75 Å². The Balaban J connectivity index is 2.85. The molecule has 1 aromatic carbocycles. The van der Waals surface area contributed by atoms with Crippen molar-refractivity contribution >= 4 is 5.78 Å². The van der Waals surface area contributed by atoms with Gasteiger partial charge in [-0.15, -0.1) is 0 Å². The predicted octanol–water partition coefficient (Wildman–Crippen LogP) is 4.09. The van der Waals surface area contributed by atoms with E-state index < -0.39 is 0 Å². The molecule has 0 aromatic heterocycles. The summed E-state index contributed by atoms with van der Waals surface area (Å²) in [6, 6.07) is 5.86. The summed E-state index contributed by atoms with van der Waals surface area (Å²) in [5.74, 6) is 0.882. The van der Waals surface area contributed by atoms with Crippen molar-refractivity contribution in [3.05, 3.63) is 29.3 Å². The second kappa shape index (κ2) is 9.56. The van der Waals surface area contributed by atoms with Gasteiger partial charge < -0.3 is 4.74 Å². The summed E-state index contributed by atoms with van der Waals surface area (Å²) < 4.78 is 5.72. The van der Waals surface area contributed by atoms with Crippen LogP contribution in [-0.2, 0) is 0 Å². The van der Waals surface area contributed by atoms with Crippen LogP contribution >= 0.6 is 0 Å². The molecule has 0 saturated heterocycles. The van der Waals surface area contributed by atoms with Gasteiger partial charge in [0.15, 0.2) is 5.78 Å². The van der Waals surface area contributed by atoms with Gasteiger partial charge in [-0.3, -0.25) is 9.69 Å². The Kier molecular flexibility index (Phi) is 8.06. The van der Waals surface area contributed by atoms with Crippen molar-refractivity contribution in [2.45, 2.75) is 47.0 Å². The van der Waals surface area contributed by atoms with Crippen molar-refractivity contribution in [2.75, 3.05) is 26.2 Å². The van der Waals surface area contributed by atoms with Crippen LogP contribution in [0.2, 0.25) is 0 Å². The number of ether oxygens (including phenoxy) is 1. The molecule has 0 amide bonds. The van der Waals surface area contributed by atoms with E-state index in [0.29, 0.717) is 13.2 Å². The summed E-state index contributed by atoms with van der Waals surface area (Å²) in [5.41, 5.74) is 1.82. The van der Waals surface area contributed by atoms with Crippen LogP contribution in [-0.4, -0.2) is 36.9 Å². The SMILES string of the molecule is CCCOc1ccc(C)cc1C(=O)CN(CCC)CCC. The third-order valence-corrected chi connectivity index (χ3v) is 3.34. The largest absolute Gasteiger partial charge is 0.493 e. The van der Waals surface area contributed by atoms with E-state index >= 15 is 0 Å². The molecule has 21 heavy (non-hydrogen) atoms. The van der Waals surface area contributed by atoms with Gasteiger partial charge in [-0.2, -0.15) is 0 Å². The van der Waals surface area contributed by atoms with Crippen LogP contribution in [0.1, 0.15) is 56.0 Å². The molecule has 0 bridgehead atoms. The van der Waals surface area contributed by atoms with Crippen LogP contribution in [0.3, 0.4) is 0 Å². The molecule has 0 aliphatic rings. The topological polar surface area (TPSA) is 29.5 Å². The third kappa shape index (κ3) is 5.88. The van der Waals surface area contributed by atoms with E-state index in [-0.39, 0.29) is 5.78 Å². The Morgan fingerprint density at radius 2 is 1.76 bits per heavy atom. The number of benzene rings is 1. The molecule has 1 rings (SSSR count). The minimum Gasteiger partial charge on any atom is -0.493 e. The number of Topliss-reactive ketones (excluding diaryl/α,β-unsaturated/α-hetero) is 1. The predicted molar refractivity (Wildman–Crippen MR) is 88.3 cm³/mol. The lowest BCUT2D eigenvalue weighted by Crippen LogP contribution is -2.31. The van der Waals surface area contributed by atoms with Crippen LogP contribution < -0.4 is 4.74 Å². The highest BCUT2D eigenvalue weighted by atomic mass is 16.5. The second-order valence-electron chi connectivity index (χ2n) is 5.55. The fraction of sp³-hybridized carbons (Fsp3) is 0.611. The Morgan fingerprint density at radius 1 is 1.10 bits per heavy atom. The minimum atomic E-state index is 0.159. The van der Waals surface area contributed by atoms with E-state index in [4.69, 9.17) is 4.74 Å². The molecule has 0 N–H and O–H groups in total. The molecule has 0 radical (unpaired) electrons. The molecule has 3 nitrogen and oxygen atoms in total. The monoisotopic (exact) mass is 291 g/mol. The summed E-state index contributed by atoms with van der Waals surface area (Å²) in [6.07, 6.45) is 3.08. The standard InChI is InChI=1S/C18H29NO2/c1-5-10-19(11-6-2)14-17(20)16-13-15(4)8-9-18(16)21-12-7-3/h8-9,13H,5-7,10-12,14H2,1-4H3. The first-order valence-corrected chi connectivity index (χ1v) is 8.11. The van der Waals surface area contributed by atoms with Crippen molar-refractivity contribution in [2.24, 2.45) is 0 Å². The van der Waals surface area contributed by atoms with Gasteiger partial charge in [-0.05, 0) is 51.4 Å². The quantitative estimate of drug-likeness (QED) is 0.608. The minimum absolute atomic E-state index is 0.159. The number of aryl methyl sites for hydroxylation is 1. The zero-order valence-corrected chi connectivity index (χ0v) is 13.9. The van der Waals surface area contributed by atoms with Crippen LogP contribution in [0, 0.1) is 6.92 Å². The normalized spacial score (nSPS) is 10.9. The maximum Gasteiger partial charge on any atom is 0.180 e. The van der Waals surface area contributed by atoms with Crippen molar-refractivity contribution in [1.82, 2.24) is 4.90 Å². The molecular weight excluding hydrogens is 262 g/mol.